The minimum atomic E-state index is 0.176. The fourth-order valence-electron chi connectivity index (χ4n) is 4.50. The van der Waals surface area contributed by atoms with Gasteiger partial charge in [0.2, 0.25) is 5.91 Å². The van der Waals surface area contributed by atoms with Crippen molar-refractivity contribution in [1.82, 2.24) is 14.8 Å². The zero-order chi connectivity index (χ0) is 19.5. The molecule has 7 heteroatoms. The zero-order valence-corrected chi connectivity index (χ0v) is 17.6. The summed E-state index contributed by atoms with van der Waals surface area (Å²) >= 11 is 1.45. The van der Waals surface area contributed by atoms with E-state index in [0.29, 0.717) is 11.3 Å². The standard InChI is InChI=1S/C21H29N5OS/c1-24-12-7-16-17(13-22)21(28-15-19(27)25-8-3-2-4-9-25)23-20(18(16)14-24)26-10-5-6-11-26/h2-12,14-15H2,1H3. The van der Waals surface area contributed by atoms with Crippen LogP contribution < -0.4 is 4.90 Å². The topological polar surface area (TPSA) is 63.5 Å². The summed E-state index contributed by atoms with van der Waals surface area (Å²) in [7, 11) is 2.13. The van der Waals surface area contributed by atoms with Gasteiger partial charge < -0.3 is 14.7 Å². The second-order valence-corrected chi connectivity index (χ2v) is 9.06. The lowest BCUT2D eigenvalue weighted by atomic mass is 9.96. The van der Waals surface area contributed by atoms with Gasteiger partial charge in [-0.2, -0.15) is 5.26 Å². The lowest BCUT2D eigenvalue weighted by Gasteiger charge is -2.31. The highest BCUT2D eigenvalue weighted by Crippen LogP contribution is 2.36. The molecule has 3 aliphatic rings. The van der Waals surface area contributed by atoms with Gasteiger partial charge in [-0.25, -0.2) is 4.98 Å². The predicted molar refractivity (Wildman–Crippen MR) is 112 cm³/mol. The van der Waals surface area contributed by atoms with Gasteiger partial charge in [0.1, 0.15) is 16.9 Å². The maximum absolute atomic E-state index is 12.6. The number of pyridine rings is 1. The van der Waals surface area contributed by atoms with Gasteiger partial charge in [-0.3, -0.25) is 4.79 Å². The average molecular weight is 400 g/mol. The third-order valence-corrected chi connectivity index (χ3v) is 7.05. The van der Waals surface area contributed by atoms with E-state index in [-0.39, 0.29) is 5.91 Å². The number of likely N-dealkylation sites (N-methyl/N-ethyl adjacent to an activating group) is 1. The minimum absolute atomic E-state index is 0.176. The zero-order valence-electron chi connectivity index (χ0n) is 16.7. The number of nitriles is 1. The van der Waals surface area contributed by atoms with Crippen LogP contribution in [0.15, 0.2) is 5.03 Å². The van der Waals surface area contributed by atoms with Crippen molar-refractivity contribution >= 4 is 23.5 Å². The summed E-state index contributed by atoms with van der Waals surface area (Å²) in [5.74, 6) is 1.60. The molecule has 2 fully saturated rings. The number of carbonyl (C=O) groups is 1. The molecule has 3 aliphatic heterocycles. The SMILES string of the molecule is CN1CCc2c(C#N)c(SCC(=O)N3CCCCC3)nc(N3CCCC3)c2C1. The molecule has 1 amide bonds. The molecule has 150 valence electrons. The average Bonchev–Trinajstić information content (AvgIpc) is 3.26. The molecule has 0 bridgehead atoms. The van der Waals surface area contributed by atoms with E-state index in [1.807, 2.05) is 4.90 Å². The van der Waals surface area contributed by atoms with E-state index >= 15 is 0 Å². The summed E-state index contributed by atoms with van der Waals surface area (Å²) in [4.78, 5) is 24.2. The Bertz CT molecular complexity index is 778. The van der Waals surface area contributed by atoms with Crippen LogP contribution in [-0.4, -0.2) is 66.2 Å². The molecule has 1 aromatic heterocycles. The lowest BCUT2D eigenvalue weighted by molar-refractivity contribution is -0.129. The molecule has 4 heterocycles. The smallest absolute Gasteiger partial charge is 0.232 e. The van der Waals surface area contributed by atoms with Crippen molar-refractivity contribution in [3.05, 3.63) is 16.7 Å². The van der Waals surface area contributed by atoms with Crippen LogP contribution in [0.5, 0.6) is 0 Å². The van der Waals surface area contributed by atoms with Crippen molar-refractivity contribution in [2.45, 2.75) is 50.1 Å². The number of nitrogens with zero attached hydrogens (tertiary/aromatic N) is 5. The molecule has 0 radical (unpaired) electrons. The monoisotopic (exact) mass is 399 g/mol. The Hall–Kier alpha value is -1.78. The molecule has 0 unspecified atom stereocenters. The maximum Gasteiger partial charge on any atom is 0.232 e. The van der Waals surface area contributed by atoms with E-state index < -0.39 is 0 Å². The molecule has 1 aromatic rings. The highest BCUT2D eigenvalue weighted by atomic mass is 32.2. The van der Waals surface area contributed by atoms with Crippen LogP contribution in [-0.2, 0) is 17.8 Å². The van der Waals surface area contributed by atoms with Crippen LogP contribution in [0.1, 0.15) is 48.8 Å². The maximum atomic E-state index is 12.6. The first-order valence-corrected chi connectivity index (χ1v) is 11.5. The number of likely N-dealkylation sites (tertiary alicyclic amines) is 1. The number of fused-ring (bicyclic) bond motifs is 1. The van der Waals surface area contributed by atoms with Crippen molar-refractivity contribution in [2.75, 3.05) is 50.4 Å². The predicted octanol–water partition coefficient (Wildman–Crippen LogP) is 2.65. The van der Waals surface area contributed by atoms with Gasteiger partial charge in [-0.15, -0.1) is 0 Å². The van der Waals surface area contributed by atoms with E-state index in [9.17, 15) is 10.1 Å². The first kappa shape index (κ1) is 19.5. The largest absolute Gasteiger partial charge is 0.356 e. The number of carbonyl (C=O) groups excluding carboxylic acids is 1. The second kappa shape index (κ2) is 8.71. The highest BCUT2D eigenvalue weighted by molar-refractivity contribution is 8.00. The summed E-state index contributed by atoms with van der Waals surface area (Å²) < 4.78 is 0. The molecule has 2 saturated heterocycles. The van der Waals surface area contributed by atoms with Gasteiger partial charge in [-0.1, -0.05) is 11.8 Å². The number of hydrogen-bond acceptors (Lipinski definition) is 6. The third-order valence-electron chi connectivity index (χ3n) is 6.09. The van der Waals surface area contributed by atoms with Gasteiger partial charge in [0.15, 0.2) is 0 Å². The Balaban J connectivity index is 1.61. The fourth-order valence-corrected chi connectivity index (χ4v) is 5.41. The van der Waals surface area contributed by atoms with E-state index in [1.54, 1.807) is 0 Å². The number of amides is 1. The molecular formula is C21H29N5OS. The second-order valence-electron chi connectivity index (χ2n) is 8.10. The summed E-state index contributed by atoms with van der Waals surface area (Å²) in [5.41, 5.74) is 3.08. The van der Waals surface area contributed by atoms with Crippen LogP contribution in [0.3, 0.4) is 0 Å². The van der Waals surface area contributed by atoms with E-state index in [4.69, 9.17) is 4.98 Å². The molecule has 28 heavy (non-hydrogen) atoms. The van der Waals surface area contributed by atoms with Crippen LogP contribution in [0, 0.1) is 11.3 Å². The summed E-state index contributed by atoms with van der Waals surface area (Å²) in [5, 5.41) is 10.6. The van der Waals surface area contributed by atoms with Crippen molar-refractivity contribution in [2.24, 2.45) is 0 Å². The van der Waals surface area contributed by atoms with E-state index in [0.717, 1.165) is 74.9 Å². The molecule has 0 spiro atoms. The normalized spacial score (nSPS) is 20.1. The van der Waals surface area contributed by atoms with Gasteiger partial charge >= 0.3 is 0 Å². The summed E-state index contributed by atoms with van der Waals surface area (Å²) in [6.07, 6.45) is 6.69. The number of piperidine rings is 1. The van der Waals surface area contributed by atoms with Crippen LogP contribution in [0.2, 0.25) is 0 Å². The van der Waals surface area contributed by atoms with E-state index in [1.165, 1.54) is 36.6 Å². The number of hydrogen-bond donors (Lipinski definition) is 0. The van der Waals surface area contributed by atoms with Crippen molar-refractivity contribution in [3.63, 3.8) is 0 Å². The Morgan fingerprint density at radius 2 is 1.79 bits per heavy atom. The first-order valence-electron chi connectivity index (χ1n) is 10.5. The van der Waals surface area contributed by atoms with Crippen molar-refractivity contribution in [3.8, 4) is 6.07 Å². The fraction of sp³-hybridized carbons (Fsp3) is 0.667. The summed E-state index contributed by atoms with van der Waals surface area (Å²) in [6.45, 7) is 5.61. The lowest BCUT2D eigenvalue weighted by Crippen LogP contribution is -2.36. The van der Waals surface area contributed by atoms with Gasteiger partial charge in [0.25, 0.3) is 0 Å². The quantitative estimate of drug-likeness (QED) is 0.726. The number of thioether (sulfide) groups is 1. The van der Waals surface area contributed by atoms with Crippen molar-refractivity contribution < 1.29 is 4.79 Å². The molecule has 4 rings (SSSR count). The van der Waals surface area contributed by atoms with Crippen molar-refractivity contribution in [1.29, 1.82) is 5.26 Å². The Kier molecular flexibility index (Phi) is 6.07. The Morgan fingerprint density at radius 3 is 2.50 bits per heavy atom. The van der Waals surface area contributed by atoms with Gasteiger partial charge in [0.05, 0.1) is 11.3 Å². The van der Waals surface area contributed by atoms with E-state index in [2.05, 4.69) is 22.9 Å². The Morgan fingerprint density at radius 1 is 1.07 bits per heavy atom. The molecule has 0 aliphatic carbocycles. The van der Waals surface area contributed by atoms with Crippen LogP contribution in [0.25, 0.3) is 0 Å². The molecular weight excluding hydrogens is 370 g/mol. The minimum Gasteiger partial charge on any atom is -0.356 e. The number of anilines is 1. The molecule has 6 nitrogen and oxygen atoms in total. The molecule has 0 saturated carbocycles. The Labute approximate surface area is 171 Å². The van der Waals surface area contributed by atoms with Crippen LogP contribution >= 0.6 is 11.8 Å². The molecule has 0 N–H and O–H groups in total. The highest BCUT2D eigenvalue weighted by Gasteiger charge is 2.28. The first-order chi connectivity index (χ1) is 13.7. The van der Waals surface area contributed by atoms with Gasteiger partial charge in [0, 0.05) is 44.8 Å². The van der Waals surface area contributed by atoms with Gasteiger partial charge in [-0.05, 0) is 51.1 Å². The number of aromatic nitrogens is 1. The third kappa shape index (κ3) is 3.99. The number of rotatable bonds is 4. The molecule has 0 aromatic carbocycles. The van der Waals surface area contributed by atoms with Crippen LogP contribution in [0.4, 0.5) is 5.82 Å². The molecule has 0 atom stereocenters. The summed E-state index contributed by atoms with van der Waals surface area (Å²) in [6, 6.07) is 2.41.